The number of ether oxygens (including phenoxy) is 1. The summed E-state index contributed by atoms with van der Waals surface area (Å²) < 4.78 is 5.90. The van der Waals surface area contributed by atoms with Gasteiger partial charge in [0.2, 0.25) is 0 Å². The second kappa shape index (κ2) is 3.53. The van der Waals surface area contributed by atoms with Gasteiger partial charge in [-0.3, -0.25) is 0 Å². The van der Waals surface area contributed by atoms with Gasteiger partial charge in [-0.25, -0.2) is 0 Å². The van der Waals surface area contributed by atoms with Crippen molar-refractivity contribution in [2.45, 2.75) is 52.2 Å². The molecule has 2 aliphatic carbocycles. The summed E-state index contributed by atoms with van der Waals surface area (Å²) in [7, 11) is 0. The maximum Gasteiger partial charge on any atom is 0.146 e. The van der Waals surface area contributed by atoms with E-state index < -0.39 is 0 Å². The number of epoxide rings is 1. The molecule has 3 aliphatic rings. The Balaban J connectivity index is 1.60. The van der Waals surface area contributed by atoms with Gasteiger partial charge in [0.15, 0.2) is 0 Å². The van der Waals surface area contributed by atoms with Crippen LogP contribution in [0.2, 0.25) is 0 Å². The minimum atomic E-state index is 0.360. The molecule has 1 heterocycles. The summed E-state index contributed by atoms with van der Waals surface area (Å²) in [5, 5.41) is 0. The zero-order valence-corrected chi connectivity index (χ0v) is 10.7. The maximum atomic E-state index is 5.90. The molecule has 0 N–H and O–H groups in total. The van der Waals surface area contributed by atoms with E-state index in [0.29, 0.717) is 12.2 Å². The van der Waals surface area contributed by atoms with E-state index >= 15 is 0 Å². The van der Waals surface area contributed by atoms with Gasteiger partial charge < -0.3 is 4.74 Å². The highest BCUT2D eigenvalue weighted by molar-refractivity contribution is 5.28. The van der Waals surface area contributed by atoms with Crippen molar-refractivity contribution >= 4 is 0 Å². The Morgan fingerprint density at radius 3 is 2.50 bits per heavy atom. The van der Waals surface area contributed by atoms with E-state index in [2.05, 4.69) is 27.4 Å². The summed E-state index contributed by atoms with van der Waals surface area (Å²) in [5.41, 5.74) is 1.23. The first kappa shape index (κ1) is 10.7. The molecule has 1 saturated heterocycles. The van der Waals surface area contributed by atoms with Gasteiger partial charge in [0, 0.05) is 20.4 Å². The summed E-state index contributed by atoms with van der Waals surface area (Å²) in [5.74, 6) is 5.09. The molecule has 16 heavy (non-hydrogen) atoms. The average Bonchev–Trinajstić information content (AvgIpc) is 3.07. The Hall–Kier alpha value is -0.430. The lowest BCUT2D eigenvalue weighted by atomic mass is 9.61. The van der Waals surface area contributed by atoms with Gasteiger partial charge in [0.25, 0.3) is 0 Å². The molecule has 5 unspecified atom stereocenters. The molecule has 0 spiro atoms. The third-order valence-corrected chi connectivity index (χ3v) is 4.91. The highest BCUT2D eigenvalue weighted by Gasteiger charge is 2.59. The van der Waals surface area contributed by atoms with Crippen LogP contribution in [0.1, 0.15) is 40.0 Å². The summed E-state index contributed by atoms with van der Waals surface area (Å²) >= 11 is 0. The van der Waals surface area contributed by atoms with Crippen molar-refractivity contribution in [3.8, 4) is 0 Å². The first-order chi connectivity index (χ1) is 7.59. The molecule has 1 aliphatic heterocycles. The predicted octanol–water partition coefficient (Wildman–Crippen LogP) is 3.61. The smallest absolute Gasteiger partial charge is 0.146 e. The zero-order valence-electron chi connectivity index (χ0n) is 10.7. The quantitative estimate of drug-likeness (QED) is 0.520. The van der Waals surface area contributed by atoms with Crippen LogP contribution in [0.5, 0.6) is 0 Å². The summed E-state index contributed by atoms with van der Waals surface area (Å²) in [4.78, 5) is 0. The Kier molecular flexibility index (Phi) is 2.36. The minimum Gasteiger partial charge on any atom is -0.360 e. The van der Waals surface area contributed by atoms with E-state index in [1.807, 2.05) is 0 Å². The Morgan fingerprint density at radius 1 is 1.31 bits per heavy atom. The molecule has 1 nitrogen and oxygen atoms in total. The molecule has 5 atom stereocenters. The van der Waals surface area contributed by atoms with E-state index in [-0.39, 0.29) is 0 Å². The number of rotatable bonds is 4. The molecule has 88 valence electrons. The fraction of sp³-hybridized carbons (Fsp3) is 0.800. The van der Waals surface area contributed by atoms with Crippen LogP contribution in [-0.4, -0.2) is 12.2 Å². The second-order valence-corrected chi connectivity index (χ2v) is 6.34. The number of hydrogen-bond donors (Lipinski definition) is 0. The second-order valence-electron chi connectivity index (χ2n) is 6.34. The van der Waals surface area contributed by atoms with Gasteiger partial charge >= 0.3 is 0 Å². The van der Waals surface area contributed by atoms with Gasteiger partial charge in [-0.1, -0.05) is 6.92 Å². The minimum absolute atomic E-state index is 0.360. The monoisotopic (exact) mass is 219 g/mol. The van der Waals surface area contributed by atoms with E-state index in [1.54, 1.807) is 0 Å². The van der Waals surface area contributed by atoms with Crippen LogP contribution in [0.25, 0.3) is 0 Å². The molecule has 2 saturated carbocycles. The van der Waals surface area contributed by atoms with E-state index in [9.17, 15) is 0 Å². The molecule has 1 heteroatoms. The van der Waals surface area contributed by atoms with Crippen molar-refractivity contribution in [2.75, 3.05) is 0 Å². The molecule has 0 amide bonds. The van der Waals surface area contributed by atoms with Gasteiger partial charge in [-0.2, -0.15) is 0 Å². The van der Waals surface area contributed by atoms with Crippen LogP contribution in [0.4, 0.5) is 0 Å². The van der Waals surface area contributed by atoms with Gasteiger partial charge in [-0.05, 0) is 42.9 Å². The fourth-order valence-electron chi connectivity index (χ4n) is 3.55. The largest absolute Gasteiger partial charge is 0.360 e. The van der Waals surface area contributed by atoms with E-state index in [1.165, 1.54) is 30.8 Å². The number of hydrogen-bond acceptors (Lipinski definition) is 1. The third-order valence-electron chi connectivity index (χ3n) is 4.91. The van der Waals surface area contributed by atoms with Crippen molar-refractivity contribution in [1.29, 1.82) is 0 Å². The molecular weight excluding hydrogens is 196 g/mol. The molecule has 3 fully saturated rings. The van der Waals surface area contributed by atoms with Crippen molar-refractivity contribution in [3.63, 3.8) is 0 Å². The normalized spacial score (nSPS) is 46.1. The van der Waals surface area contributed by atoms with Crippen LogP contribution < -0.4 is 0 Å². The molecule has 3 rings (SSSR count). The van der Waals surface area contributed by atoms with Gasteiger partial charge in [-0.15, -0.1) is 0 Å². The third kappa shape index (κ3) is 1.60. The lowest BCUT2D eigenvalue weighted by Gasteiger charge is -2.43. The van der Waals surface area contributed by atoms with Gasteiger partial charge in [0.1, 0.15) is 11.7 Å². The first-order valence-corrected chi connectivity index (χ1v) is 6.74. The lowest BCUT2D eigenvalue weighted by molar-refractivity contribution is 0.0408. The molecule has 0 aromatic rings. The molecule has 0 bridgehead atoms. The van der Waals surface area contributed by atoms with Crippen molar-refractivity contribution in [3.05, 3.63) is 18.1 Å². The molecule has 0 aromatic heterocycles. The highest BCUT2D eigenvalue weighted by Crippen LogP contribution is 2.58. The van der Waals surface area contributed by atoms with E-state index in [0.717, 1.165) is 23.7 Å². The molecule has 0 aromatic carbocycles. The van der Waals surface area contributed by atoms with Crippen molar-refractivity contribution in [1.82, 2.24) is 0 Å². The molecular formula is C15H23O+. The topological polar surface area (TPSA) is 12.5 Å². The van der Waals surface area contributed by atoms with Gasteiger partial charge in [0.05, 0.1) is 12.0 Å². The lowest BCUT2D eigenvalue weighted by Crippen LogP contribution is -2.40. The van der Waals surface area contributed by atoms with Crippen molar-refractivity contribution in [2.24, 2.45) is 23.7 Å². The Morgan fingerprint density at radius 2 is 2.00 bits per heavy atom. The fourth-order valence-corrected chi connectivity index (χ4v) is 3.55. The van der Waals surface area contributed by atoms with Crippen LogP contribution in [0, 0.1) is 29.6 Å². The highest BCUT2D eigenvalue weighted by atomic mass is 16.6. The average molecular weight is 219 g/mol. The predicted molar refractivity (Wildman–Crippen MR) is 65.9 cm³/mol. The maximum absolute atomic E-state index is 5.90. The summed E-state index contributed by atoms with van der Waals surface area (Å²) in [6.07, 6.45) is 5.27. The Bertz CT molecular complexity index is 303. The molecule has 0 radical (unpaired) electrons. The van der Waals surface area contributed by atoms with Crippen LogP contribution in [-0.2, 0) is 4.74 Å². The summed E-state index contributed by atoms with van der Waals surface area (Å²) in [6.45, 7) is 10.8. The SMILES string of the molecule is C=C([C+](C)C)C1OC1C1C(C)CC1C1CC1. The Labute approximate surface area is 99.3 Å². The van der Waals surface area contributed by atoms with Crippen LogP contribution in [0.3, 0.4) is 0 Å². The summed E-state index contributed by atoms with van der Waals surface area (Å²) in [6, 6.07) is 0. The zero-order chi connectivity index (χ0) is 11.4. The standard InChI is InChI=1S/C15H23O/c1-8(2)10(4)14-15(16-14)13-9(3)7-12(13)11-5-6-11/h9,11-15H,4-7H2,1-3H3/q+1. The van der Waals surface area contributed by atoms with Crippen LogP contribution in [0.15, 0.2) is 12.2 Å². The van der Waals surface area contributed by atoms with Crippen molar-refractivity contribution < 1.29 is 4.74 Å². The van der Waals surface area contributed by atoms with Crippen LogP contribution >= 0.6 is 0 Å². The first-order valence-electron chi connectivity index (χ1n) is 6.74. The van der Waals surface area contributed by atoms with E-state index in [4.69, 9.17) is 4.74 Å².